The summed E-state index contributed by atoms with van der Waals surface area (Å²) in [6.45, 7) is 1.59. The molecule has 1 unspecified atom stereocenters. The van der Waals surface area contributed by atoms with Crippen molar-refractivity contribution in [1.82, 2.24) is 9.80 Å². The summed E-state index contributed by atoms with van der Waals surface area (Å²) in [5, 5.41) is 10.2. The number of β-lactam (4-membered cyclic amide) rings is 1. The molecule has 1 saturated heterocycles. The predicted molar refractivity (Wildman–Crippen MR) is 119 cm³/mol. The van der Waals surface area contributed by atoms with Gasteiger partial charge >= 0.3 is 5.97 Å². The lowest BCUT2D eigenvalue weighted by Crippen LogP contribution is -2.71. The Morgan fingerprint density at radius 3 is 2.26 bits per heavy atom. The number of amides is 3. The molecule has 3 amide bonds. The van der Waals surface area contributed by atoms with Crippen LogP contribution in [0.1, 0.15) is 33.2 Å². The quantitative estimate of drug-likeness (QED) is 0.210. The maximum atomic E-state index is 13.1. The van der Waals surface area contributed by atoms with Crippen molar-refractivity contribution in [1.29, 1.82) is 0 Å². The van der Waals surface area contributed by atoms with E-state index in [9.17, 15) is 29.3 Å². The molecule has 0 radical (unpaired) electrons. The summed E-state index contributed by atoms with van der Waals surface area (Å²) in [6.07, 6.45) is 0. The van der Waals surface area contributed by atoms with Crippen LogP contribution >= 0.6 is 11.8 Å². The molecule has 2 atom stereocenters. The van der Waals surface area contributed by atoms with Crippen LogP contribution in [0.4, 0.5) is 5.69 Å². The van der Waals surface area contributed by atoms with Gasteiger partial charge in [0.05, 0.1) is 16.1 Å². The number of benzene rings is 2. The van der Waals surface area contributed by atoms with Gasteiger partial charge in [-0.25, -0.2) is 4.79 Å². The van der Waals surface area contributed by atoms with E-state index in [1.54, 1.807) is 31.2 Å². The zero-order valence-electron chi connectivity index (χ0n) is 17.8. The summed E-state index contributed by atoms with van der Waals surface area (Å²) >= 11 is 1.37. The Bertz CT molecular complexity index is 1270. The number of non-ortho nitro benzene ring substituents is 1. The molecule has 0 aromatic heterocycles. The van der Waals surface area contributed by atoms with E-state index >= 15 is 0 Å². The maximum Gasteiger partial charge on any atom is 0.355 e. The molecule has 3 heterocycles. The number of thioether (sulfide) groups is 1. The maximum absolute atomic E-state index is 13.1. The first-order valence-electron chi connectivity index (χ1n) is 10.3. The van der Waals surface area contributed by atoms with Gasteiger partial charge in [0.25, 0.3) is 23.4 Å². The molecule has 2 aromatic carbocycles. The van der Waals surface area contributed by atoms with Gasteiger partial charge in [0.15, 0.2) is 0 Å². The second kappa shape index (κ2) is 8.10. The topological polar surface area (TPSA) is 127 Å². The Labute approximate surface area is 197 Å². The second-order valence-corrected chi connectivity index (χ2v) is 9.11. The molecule has 0 aliphatic carbocycles. The van der Waals surface area contributed by atoms with Crippen LogP contribution in [0.2, 0.25) is 0 Å². The third-order valence-corrected chi connectivity index (χ3v) is 7.35. The van der Waals surface area contributed by atoms with E-state index in [4.69, 9.17) is 4.74 Å². The minimum absolute atomic E-state index is 0.0776. The minimum Gasteiger partial charge on any atom is -0.456 e. The highest BCUT2D eigenvalue weighted by molar-refractivity contribution is 8.00. The molecule has 172 valence electrons. The van der Waals surface area contributed by atoms with Crippen LogP contribution in [0, 0.1) is 10.1 Å². The van der Waals surface area contributed by atoms with Gasteiger partial charge in [0.2, 0.25) is 0 Å². The van der Waals surface area contributed by atoms with Crippen molar-refractivity contribution in [3.8, 4) is 0 Å². The Kier molecular flexibility index (Phi) is 5.20. The summed E-state index contributed by atoms with van der Waals surface area (Å²) in [6, 6.07) is 11.0. The average molecular weight is 479 g/mol. The van der Waals surface area contributed by atoms with Gasteiger partial charge < -0.3 is 4.74 Å². The molecule has 3 aliphatic heterocycles. The van der Waals surface area contributed by atoms with Crippen molar-refractivity contribution in [2.75, 3.05) is 5.75 Å². The molecule has 11 heteroatoms. The molecule has 0 N–H and O–H groups in total. The van der Waals surface area contributed by atoms with Crippen molar-refractivity contribution in [2.45, 2.75) is 24.9 Å². The van der Waals surface area contributed by atoms with Crippen molar-refractivity contribution in [3.05, 3.63) is 86.6 Å². The van der Waals surface area contributed by atoms with Crippen molar-refractivity contribution in [3.63, 3.8) is 0 Å². The van der Waals surface area contributed by atoms with E-state index in [2.05, 4.69) is 0 Å². The fraction of sp³-hybridized carbons (Fsp3) is 0.217. The number of carbonyl (C=O) groups excluding carboxylic acids is 4. The number of nitro benzene ring substituents is 1. The molecule has 0 bridgehead atoms. The largest absolute Gasteiger partial charge is 0.456 e. The monoisotopic (exact) mass is 479 g/mol. The van der Waals surface area contributed by atoms with Crippen LogP contribution < -0.4 is 0 Å². The van der Waals surface area contributed by atoms with Crippen molar-refractivity contribution >= 4 is 41.1 Å². The zero-order valence-corrected chi connectivity index (χ0v) is 18.6. The van der Waals surface area contributed by atoms with Gasteiger partial charge in [0.1, 0.15) is 23.7 Å². The summed E-state index contributed by atoms with van der Waals surface area (Å²) in [5.74, 6) is -1.85. The standard InChI is InChI=1S/C23H17N3O7S/c1-12-11-34-22-18(24-19(27)15-4-2-3-5-16(15)20(24)28)21(29)25(22)17(12)23(30)33-10-13-6-8-14(9-7-13)26(31)32/h2-9,18,22H,10-11H2,1H3/t18?,22-/m1/s1. The minimum atomic E-state index is -0.997. The number of esters is 1. The third-order valence-electron chi connectivity index (χ3n) is 5.94. The molecule has 2 aromatic rings. The molecule has 0 saturated carbocycles. The van der Waals surface area contributed by atoms with E-state index in [1.165, 1.54) is 40.9 Å². The molecule has 3 aliphatic rings. The van der Waals surface area contributed by atoms with Gasteiger partial charge in [-0.1, -0.05) is 12.1 Å². The lowest BCUT2D eigenvalue weighted by molar-refractivity contribution is -0.384. The van der Waals surface area contributed by atoms with Gasteiger partial charge in [-0.05, 0) is 42.3 Å². The first-order chi connectivity index (χ1) is 16.3. The summed E-state index contributed by atoms with van der Waals surface area (Å²) in [5.41, 5.74) is 1.74. The highest BCUT2D eigenvalue weighted by Crippen LogP contribution is 2.44. The van der Waals surface area contributed by atoms with E-state index in [1.807, 2.05) is 0 Å². The fourth-order valence-corrected chi connectivity index (χ4v) is 5.57. The molecule has 1 fully saturated rings. The summed E-state index contributed by atoms with van der Waals surface area (Å²) in [7, 11) is 0. The highest BCUT2D eigenvalue weighted by atomic mass is 32.2. The SMILES string of the molecule is CC1=C(C(=O)OCc2ccc([N+](=O)[O-])cc2)N2C(=O)C(N3C(=O)c4ccccc4C3=O)[C@H]2SC1. The van der Waals surface area contributed by atoms with Gasteiger partial charge in [-0.3, -0.25) is 34.3 Å². The summed E-state index contributed by atoms with van der Waals surface area (Å²) in [4.78, 5) is 64.2. The first kappa shape index (κ1) is 21.8. The van der Waals surface area contributed by atoms with Crippen molar-refractivity contribution < 1.29 is 28.8 Å². The molecule has 34 heavy (non-hydrogen) atoms. The van der Waals surface area contributed by atoms with E-state index in [0.717, 1.165) is 4.90 Å². The van der Waals surface area contributed by atoms with Crippen LogP contribution in [-0.2, 0) is 20.9 Å². The predicted octanol–water partition coefficient (Wildman–Crippen LogP) is 2.49. The Hall–Kier alpha value is -3.99. The van der Waals surface area contributed by atoms with Gasteiger partial charge in [-0.2, -0.15) is 0 Å². The second-order valence-electron chi connectivity index (χ2n) is 8.01. The fourth-order valence-electron chi connectivity index (χ4n) is 4.24. The number of rotatable bonds is 5. The van der Waals surface area contributed by atoms with Crippen molar-refractivity contribution in [2.24, 2.45) is 0 Å². The molecular weight excluding hydrogens is 462 g/mol. The Balaban J connectivity index is 1.32. The first-order valence-corrected chi connectivity index (χ1v) is 11.4. The highest BCUT2D eigenvalue weighted by Gasteiger charge is 2.59. The lowest BCUT2D eigenvalue weighted by Gasteiger charge is -2.51. The van der Waals surface area contributed by atoms with Crippen LogP contribution in [0.25, 0.3) is 0 Å². The molecule has 5 rings (SSSR count). The molecule has 0 spiro atoms. The van der Waals surface area contributed by atoms with Gasteiger partial charge in [-0.15, -0.1) is 11.8 Å². The van der Waals surface area contributed by atoms with E-state index in [0.29, 0.717) is 16.9 Å². The lowest BCUT2D eigenvalue weighted by atomic mass is 10.0. The van der Waals surface area contributed by atoms with E-state index < -0.39 is 40.0 Å². The smallest absolute Gasteiger partial charge is 0.355 e. The van der Waals surface area contributed by atoms with Gasteiger partial charge in [0, 0.05) is 17.9 Å². The number of ether oxygens (including phenoxy) is 1. The zero-order chi connectivity index (χ0) is 24.1. The van der Waals surface area contributed by atoms with Crippen LogP contribution in [0.5, 0.6) is 0 Å². The number of nitro groups is 1. The Morgan fingerprint density at radius 1 is 1.06 bits per heavy atom. The van der Waals surface area contributed by atoms with E-state index in [-0.39, 0.29) is 29.1 Å². The normalized spacial score (nSPS) is 21.3. The molecule has 10 nitrogen and oxygen atoms in total. The van der Waals surface area contributed by atoms with Crippen LogP contribution in [-0.4, -0.2) is 55.6 Å². The Morgan fingerprint density at radius 2 is 1.68 bits per heavy atom. The number of imide groups is 1. The number of hydrogen-bond acceptors (Lipinski definition) is 8. The number of fused-ring (bicyclic) bond motifs is 2. The number of hydrogen-bond donors (Lipinski definition) is 0. The third kappa shape index (κ3) is 3.27. The summed E-state index contributed by atoms with van der Waals surface area (Å²) < 4.78 is 5.38. The number of carbonyl (C=O) groups is 4. The van der Waals surface area contributed by atoms with Crippen LogP contribution in [0.15, 0.2) is 59.8 Å². The van der Waals surface area contributed by atoms with Crippen LogP contribution in [0.3, 0.4) is 0 Å². The molecular formula is C23H17N3O7S. The average Bonchev–Trinajstić information content (AvgIpc) is 3.08. The number of nitrogens with zero attached hydrogens (tertiary/aromatic N) is 3.